The Morgan fingerprint density at radius 2 is 1.65 bits per heavy atom. The van der Waals surface area contributed by atoms with Gasteiger partial charge in [-0.25, -0.2) is 4.79 Å². The van der Waals surface area contributed by atoms with Gasteiger partial charge in [0, 0.05) is 16.0 Å². The van der Waals surface area contributed by atoms with Crippen LogP contribution in [0.5, 0.6) is 0 Å². The molecule has 3 aromatic carbocycles. The minimum absolute atomic E-state index is 0.131. The highest BCUT2D eigenvalue weighted by molar-refractivity contribution is 7.99. The maximum Gasteiger partial charge on any atom is 0.340 e. The first-order valence-corrected chi connectivity index (χ1v) is 11.7. The maximum absolute atomic E-state index is 12.8. The van der Waals surface area contributed by atoms with Crippen LogP contribution in [0.2, 0.25) is 0 Å². The Hall–Kier alpha value is -4.02. The van der Waals surface area contributed by atoms with Crippen LogP contribution >= 0.6 is 11.8 Å². The smallest absolute Gasteiger partial charge is 0.340 e. The van der Waals surface area contributed by atoms with Crippen LogP contribution in [0.3, 0.4) is 0 Å². The molecule has 3 rings (SSSR count). The van der Waals surface area contributed by atoms with E-state index in [0.717, 1.165) is 22.6 Å². The number of esters is 1. The quantitative estimate of drug-likeness (QED) is 0.157. The average Bonchev–Trinajstić information content (AvgIpc) is 2.86. The van der Waals surface area contributed by atoms with E-state index in [9.17, 15) is 14.9 Å². The number of anilines is 2. The molecule has 6 nitrogen and oxygen atoms in total. The van der Waals surface area contributed by atoms with Gasteiger partial charge in [-0.05, 0) is 42.8 Å². The number of benzene rings is 3. The standard InChI is InChI=1S/C27H25N3O3S/c1-2-3-17-33-27(32)22-13-7-8-14-23(22)29-19-20(18-28)26(31)30-24-15-9-10-16-25(24)34-21-11-5-4-6-12-21/h4-16,19,29H,2-3,17H2,1H3,(H,30,31)/b20-19-. The van der Waals surface area contributed by atoms with Crippen LogP contribution in [0.4, 0.5) is 11.4 Å². The molecule has 0 bridgehead atoms. The molecule has 0 saturated carbocycles. The minimum atomic E-state index is -0.556. The Morgan fingerprint density at radius 1 is 0.971 bits per heavy atom. The summed E-state index contributed by atoms with van der Waals surface area (Å²) in [7, 11) is 0. The molecule has 0 saturated heterocycles. The molecular formula is C27H25N3O3S. The van der Waals surface area contributed by atoms with Crippen molar-refractivity contribution in [2.24, 2.45) is 0 Å². The summed E-state index contributed by atoms with van der Waals surface area (Å²) in [4.78, 5) is 27.1. The highest BCUT2D eigenvalue weighted by Crippen LogP contribution is 2.33. The number of carbonyl (C=O) groups is 2. The van der Waals surface area contributed by atoms with Crippen molar-refractivity contribution in [2.75, 3.05) is 17.2 Å². The van der Waals surface area contributed by atoms with Gasteiger partial charge in [-0.15, -0.1) is 0 Å². The molecule has 1 amide bonds. The molecule has 34 heavy (non-hydrogen) atoms. The Morgan fingerprint density at radius 3 is 2.38 bits per heavy atom. The average molecular weight is 472 g/mol. The second-order valence-electron chi connectivity index (χ2n) is 7.21. The molecule has 3 aromatic rings. The number of hydrogen-bond acceptors (Lipinski definition) is 6. The van der Waals surface area contributed by atoms with Gasteiger partial charge in [-0.1, -0.05) is 67.6 Å². The third-order valence-electron chi connectivity index (χ3n) is 4.72. The van der Waals surface area contributed by atoms with E-state index in [1.54, 1.807) is 30.3 Å². The summed E-state index contributed by atoms with van der Waals surface area (Å²) in [5.41, 5.74) is 1.25. The molecule has 0 heterocycles. The summed E-state index contributed by atoms with van der Waals surface area (Å²) < 4.78 is 5.28. The van der Waals surface area contributed by atoms with E-state index < -0.39 is 11.9 Å². The maximum atomic E-state index is 12.8. The third kappa shape index (κ3) is 6.99. The number of carbonyl (C=O) groups excluding carboxylic acids is 2. The molecule has 0 aliphatic heterocycles. The highest BCUT2D eigenvalue weighted by atomic mass is 32.2. The lowest BCUT2D eigenvalue weighted by Gasteiger charge is -2.11. The van der Waals surface area contributed by atoms with Crippen molar-refractivity contribution in [3.63, 3.8) is 0 Å². The molecule has 0 unspecified atom stereocenters. The Kier molecular flexibility index (Phi) is 9.32. The van der Waals surface area contributed by atoms with Crippen molar-refractivity contribution >= 4 is 35.0 Å². The van der Waals surface area contributed by atoms with Crippen molar-refractivity contribution in [2.45, 2.75) is 29.6 Å². The van der Waals surface area contributed by atoms with Crippen LogP contribution in [0.25, 0.3) is 0 Å². The van der Waals surface area contributed by atoms with E-state index >= 15 is 0 Å². The normalized spacial score (nSPS) is 10.8. The molecular weight excluding hydrogens is 446 g/mol. The van der Waals surface area contributed by atoms with Crippen LogP contribution in [0, 0.1) is 11.3 Å². The Labute approximate surface area is 203 Å². The van der Waals surface area contributed by atoms with E-state index in [0.29, 0.717) is 23.5 Å². The third-order valence-corrected chi connectivity index (χ3v) is 5.81. The zero-order valence-corrected chi connectivity index (χ0v) is 19.6. The van der Waals surface area contributed by atoms with E-state index in [1.807, 2.05) is 61.5 Å². The number of amides is 1. The van der Waals surface area contributed by atoms with Gasteiger partial charge in [0.15, 0.2) is 0 Å². The first-order chi connectivity index (χ1) is 16.6. The number of ether oxygens (including phenoxy) is 1. The predicted octanol–water partition coefficient (Wildman–Crippen LogP) is 6.25. The summed E-state index contributed by atoms with van der Waals surface area (Å²) in [6, 6.07) is 25.9. The molecule has 172 valence electrons. The zero-order valence-electron chi connectivity index (χ0n) is 18.8. The van der Waals surface area contributed by atoms with Crippen molar-refractivity contribution in [1.82, 2.24) is 0 Å². The van der Waals surface area contributed by atoms with E-state index in [2.05, 4.69) is 10.6 Å². The van der Waals surface area contributed by atoms with E-state index in [-0.39, 0.29) is 5.57 Å². The van der Waals surface area contributed by atoms with Crippen LogP contribution in [-0.4, -0.2) is 18.5 Å². The monoisotopic (exact) mass is 471 g/mol. The summed E-state index contributed by atoms with van der Waals surface area (Å²) in [5.74, 6) is -1.01. The van der Waals surface area contributed by atoms with Crippen LogP contribution in [0.15, 0.2) is 100 Å². The summed E-state index contributed by atoms with van der Waals surface area (Å²) in [6.45, 7) is 2.35. The molecule has 0 fully saturated rings. The number of hydrogen-bond donors (Lipinski definition) is 2. The van der Waals surface area contributed by atoms with Gasteiger partial charge in [-0.3, -0.25) is 4.79 Å². The van der Waals surface area contributed by atoms with Gasteiger partial charge in [-0.2, -0.15) is 5.26 Å². The molecule has 0 aromatic heterocycles. The van der Waals surface area contributed by atoms with Crippen LogP contribution in [0.1, 0.15) is 30.1 Å². The lowest BCUT2D eigenvalue weighted by atomic mass is 10.1. The van der Waals surface area contributed by atoms with E-state index in [1.165, 1.54) is 18.0 Å². The molecule has 0 spiro atoms. The fourth-order valence-electron chi connectivity index (χ4n) is 2.94. The van der Waals surface area contributed by atoms with Crippen LogP contribution in [-0.2, 0) is 9.53 Å². The van der Waals surface area contributed by atoms with Crippen LogP contribution < -0.4 is 10.6 Å². The molecule has 2 N–H and O–H groups in total. The number of unbranched alkanes of at least 4 members (excludes halogenated alkanes) is 1. The second kappa shape index (κ2) is 12.9. The van der Waals surface area contributed by atoms with Gasteiger partial charge in [0.1, 0.15) is 11.6 Å². The van der Waals surface area contributed by atoms with Gasteiger partial charge >= 0.3 is 5.97 Å². The summed E-state index contributed by atoms with van der Waals surface area (Å²) in [5, 5.41) is 15.3. The van der Waals surface area contributed by atoms with Gasteiger partial charge in [0.25, 0.3) is 5.91 Å². The number of nitrogens with zero attached hydrogens (tertiary/aromatic N) is 1. The molecule has 0 aliphatic carbocycles. The number of rotatable bonds is 10. The number of para-hydroxylation sites is 2. The predicted molar refractivity (Wildman–Crippen MR) is 135 cm³/mol. The largest absolute Gasteiger partial charge is 0.462 e. The topological polar surface area (TPSA) is 91.2 Å². The fourth-order valence-corrected chi connectivity index (χ4v) is 3.86. The molecule has 0 aliphatic rings. The Balaban J connectivity index is 1.73. The summed E-state index contributed by atoms with van der Waals surface area (Å²) in [6.07, 6.45) is 2.99. The number of nitrogens with one attached hydrogen (secondary N) is 2. The zero-order chi connectivity index (χ0) is 24.2. The fraction of sp³-hybridized carbons (Fsp3) is 0.148. The van der Waals surface area contributed by atoms with Gasteiger partial charge < -0.3 is 15.4 Å². The lowest BCUT2D eigenvalue weighted by molar-refractivity contribution is -0.112. The van der Waals surface area contributed by atoms with E-state index in [4.69, 9.17) is 4.74 Å². The first-order valence-electron chi connectivity index (χ1n) is 10.9. The Bertz CT molecular complexity index is 1200. The first kappa shape index (κ1) is 24.6. The highest BCUT2D eigenvalue weighted by Gasteiger charge is 2.15. The number of nitriles is 1. The lowest BCUT2D eigenvalue weighted by Crippen LogP contribution is -2.15. The molecule has 0 radical (unpaired) electrons. The van der Waals surface area contributed by atoms with Crippen molar-refractivity contribution in [3.8, 4) is 6.07 Å². The van der Waals surface area contributed by atoms with Crippen molar-refractivity contribution < 1.29 is 14.3 Å². The molecule has 7 heteroatoms. The van der Waals surface area contributed by atoms with Gasteiger partial charge in [0.05, 0.1) is 23.5 Å². The molecule has 0 atom stereocenters. The van der Waals surface area contributed by atoms with Crippen molar-refractivity contribution in [3.05, 3.63) is 96.2 Å². The van der Waals surface area contributed by atoms with Crippen molar-refractivity contribution in [1.29, 1.82) is 5.26 Å². The SMILES string of the molecule is CCCCOC(=O)c1ccccc1N/C=C(/C#N)C(=O)Nc1ccccc1Sc1ccccc1. The van der Waals surface area contributed by atoms with Gasteiger partial charge in [0.2, 0.25) is 0 Å². The minimum Gasteiger partial charge on any atom is -0.462 e. The second-order valence-corrected chi connectivity index (χ2v) is 8.33. The summed E-state index contributed by atoms with van der Waals surface area (Å²) >= 11 is 1.51.